The third-order valence-corrected chi connectivity index (χ3v) is 8.37. The lowest BCUT2D eigenvalue weighted by molar-refractivity contribution is -0.157. The van der Waals surface area contributed by atoms with Crippen molar-refractivity contribution >= 4 is 33.7 Å². The molecule has 7 rings (SSSR count). The number of rotatable bonds is 5. The van der Waals surface area contributed by atoms with E-state index in [2.05, 4.69) is 20.1 Å². The third-order valence-electron chi connectivity index (χ3n) is 8.00. The van der Waals surface area contributed by atoms with Crippen molar-refractivity contribution in [2.45, 2.75) is 50.4 Å². The molecule has 1 spiro atoms. The van der Waals surface area contributed by atoms with Crippen molar-refractivity contribution in [2.75, 3.05) is 13.1 Å². The number of ether oxygens (including phenoxy) is 1. The molecule has 41 heavy (non-hydrogen) atoms. The molecule has 2 aliphatic rings. The van der Waals surface area contributed by atoms with Crippen LogP contribution in [0.4, 0.5) is 17.6 Å². The molecule has 0 bridgehead atoms. The standard InChI is InChI=1S/C28H24ClF4N7O/c1-15-36-19-3-5-22(24(30)26(19)37-15)41-21-4-2-18-25(23(21)29)38-20(12-34-18)16-11-35-40(13-16)17-6-9-39(14-28(31,32)33)27(10-17)7-8-27/h2-5,11-13,17H,6-10,14H2,1H3,(H,36,37). The molecule has 1 aliphatic heterocycles. The Hall–Kier alpha value is -3.77. The molecular weight excluding hydrogens is 562 g/mol. The summed E-state index contributed by atoms with van der Waals surface area (Å²) in [7, 11) is 0. The molecule has 13 heteroatoms. The van der Waals surface area contributed by atoms with Crippen LogP contribution in [-0.2, 0) is 0 Å². The first-order chi connectivity index (χ1) is 19.6. The largest absolute Gasteiger partial charge is 0.453 e. The van der Waals surface area contributed by atoms with Gasteiger partial charge in [0.2, 0.25) is 0 Å². The number of nitrogens with zero attached hydrogens (tertiary/aromatic N) is 6. The highest BCUT2D eigenvalue weighted by molar-refractivity contribution is 6.36. The lowest BCUT2D eigenvalue weighted by Gasteiger charge is -2.40. The number of likely N-dealkylation sites (tertiary alicyclic amines) is 1. The van der Waals surface area contributed by atoms with E-state index in [0.717, 1.165) is 12.8 Å². The molecule has 8 nitrogen and oxygen atoms in total. The molecule has 5 aromatic rings. The Balaban J connectivity index is 1.14. The van der Waals surface area contributed by atoms with Crippen molar-refractivity contribution in [1.29, 1.82) is 0 Å². The predicted octanol–water partition coefficient (Wildman–Crippen LogP) is 6.99. The molecule has 1 unspecified atom stereocenters. The smallest absolute Gasteiger partial charge is 0.401 e. The fourth-order valence-corrected chi connectivity index (χ4v) is 6.06. The van der Waals surface area contributed by atoms with Crippen LogP contribution in [0.5, 0.6) is 11.5 Å². The molecule has 212 valence electrons. The summed E-state index contributed by atoms with van der Waals surface area (Å²) < 4.78 is 61.9. The number of aromatic amines is 1. The third kappa shape index (κ3) is 4.78. The Bertz CT molecular complexity index is 1800. The van der Waals surface area contributed by atoms with Crippen molar-refractivity contribution < 1.29 is 22.3 Å². The van der Waals surface area contributed by atoms with Crippen LogP contribution in [0.25, 0.3) is 33.3 Å². The summed E-state index contributed by atoms with van der Waals surface area (Å²) >= 11 is 6.67. The van der Waals surface area contributed by atoms with Crippen molar-refractivity contribution in [1.82, 2.24) is 34.6 Å². The maximum atomic E-state index is 15.1. The van der Waals surface area contributed by atoms with Gasteiger partial charge in [-0.2, -0.15) is 18.3 Å². The van der Waals surface area contributed by atoms with Gasteiger partial charge in [-0.25, -0.2) is 14.4 Å². The molecule has 2 fully saturated rings. The highest BCUT2D eigenvalue weighted by Crippen LogP contribution is 2.52. The Morgan fingerprint density at radius 3 is 2.68 bits per heavy atom. The Morgan fingerprint density at radius 1 is 1.10 bits per heavy atom. The number of alkyl halides is 3. The van der Waals surface area contributed by atoms with Gasteiger partial charge in [-0.05, 0) is 56.9 Å². The van der Waals surface area contributed by atoms with E-state index in [0.29, 0.717) is 53.0 Å². The van der Waals surface area contributed by atoms with Gasteiger partial charge in [0, 0.05) is 23.8 Å². The Labute approximate surface area is 236 Å². The molecule has 1 N–H and O–H groups in total. The van der Waals surface area contributed by atoms with Crippen molar-refractivity contribution in [3.63, 3.8) is 0 Å². The zero-order valence-corrected chi connectivity index (χ0v) is 22.6. The summed E-state index contributed by atoms with van der Waals surface area (Å²) in [6.45, 7) is 1.25. The van der Waals surface area contributed by atoms with Gasteiger partial charge in [0.05, 0.1) is 41.7 Å². The summed E-state index contributed by atoms with van der Waals surface area (Å²) in [5.41, 5.74) is 2.49. The molecule has 1 aliphatic carbocycles. The number of aromatic nitrogens is 6. The number of halogens is 5. The fourth-order valence-electron chi connectivity index (χ4n) is 5.82. The van der Waals surface area contributed by atoms with Crippen molar-refractivity contribution in [3.8, 4) is 22.8 Å². The molecule has 1 saturated carbocycles. The van der Waals surface area contributed by atoms with Gasteiger partial charge in [-0.15, -0.1) is 0 Å². The summed E-state index contributed by atoms with van der Waals surface area (Å²) in [5.74, 6) is 0.176. The molecule has 4 heterocycles. The Morgan fingerprint density at radius 2 is 1.90 bits per heavy atom. The van der Waals surface area contributed by atoms with Crippen LogP contribution in [0.1, 0.15) is 37.5 Å². The summed E-state index contributed by atoms with van der Waals surface area (Å²) in [6, 6.07) is 6.48. The minimum atomic E-state index is -4.21. The lowest BCUT2D eigenvalue weighted by atomic mass is 9.95. The molecule has 3 aromatic heterocycles. The number of aryl methyl sites for hydroxylation is 1. The molecular formula is C28H24ClF4N7O. The second kappa shape index (κ2) is 9.38. The number of hydrogen-bond acceptors (Lipinski definition) is 6. The quantitative estimate of drug-likeness (QED) is 0.224. The van der Waals surface area contributed by atoms with Crippen molar-refractivity contribution in [3.05, 3.63) is 59.5 Å². The maximum Gasteiger partial charge on any atom is 0.401 e. The number of H-pyrrole nitrogens is 1. The van der Waals surface area contributed by atoms with Gasteiger partial charge < -0.3 is 9.72 Å². The summed E-state index contributed by atoms with van der Waals surface area (Å²) in [5, 5.41) is 4.70. The highest BCUT2D eigenvalue weighted by Gasteiger charge is 2.54. The van der Waals surface area contributed by atoms with Gasteiger partial charge in [0.15, 0.2) is 11.6 Å². The molecule has 0 amide bonds. The number of nitrogens with one attached hydrogen (secondary N) is 1. The Kier molecular flexibility index (Phi) is 5.98. The zero-order valence-electron chi connectivity index (χ0n) is 21.8. The van der Waals surface area contributed by atoms with E-state index >= 15 is 4.39 Å². The topological polar surface area (TPSA) is 84.8 Å². The SMILES string of the molecule is Cc1nc2c(F)c(Oc3ccc4ncc(-c5cnn(C6CCN(CC(F)(F)F)C7(CC7)C6)c5)nc4c3Cl)ccc2[nH]1. The van der Waals surface area contributed by atoms with Gasteiger partial charge >= 0.3 is 6.18 Å². The van der Waals surface area contributed by atoms with Crippen LogP contribution in [0, 0.1) is 12.7 Å². The van der Waals surface area contributed by atoms with Crippen molar-refractivity contribution in [2.24, 2.45) is 0 Å². The van der Waals surface area contributed by atoms with Crippen LogP contribution in [0.3, 0.4) is 0 Å². The molecule has 1 atom stereocenters. The second-order valence-corrected chi connectivity index (χ2v) is 11.2. The van der Waals surface area contributed by atoms with E-state index in [1.807, 2.05) is 10.9 Å². The van der Waals surface area contributed by atoms with E-state index in [-0.39, 0.29) is 28.1 Å². The first kappa shape index (κ1) is 26.1. The monoisotopic (exact) mass is 585 g/mol. The number of fused-ring (bicyclic) bond motifs is 2. The van der Waals surface area contributed by atoms with Crippen LogP contribution in [0.15, 0.2) is 42.9 Å². The summed E-state index contributed by atoms with van der Waals surface area (Å²) in [6.07, 6.45) is 3.67. The molecule has 2 aromatic carbocycles. The normalized spacial score (nSPS) is 18.9. The molecule has 0 radical (unpaired) electrons. The van der Waals surface area contributed by atoms with Gasteiger partial charge in [-0.1, -0.05) is 11.6 Å². The molecule has 1 saturated heterocycles. The highest BCUT2D eigenvalue weighted by atomic mass is 35.5. The van der Waals surface area contributed by atoms with Crippen LogP contribution in [-0.4, -0.2) is 59.4 Å². The van der Waals surface area contributed by atoms with E-state index < -0.39 is 24.1 Å². The maximum absolute atomic E-state index is 15.1. The second-order valence-electron chi connectivity index (χ2n) is 10.8. The number of imidazole rings is 1. The van der Waals surface area contributed by atoms with Gasteiger partial charge in [0.25, 0.3) is 0 Å². The zero-order chi connectivity index (χ0) is 28.5. The predicted molar refractivity (Wildman–Crippen MR) is 144 cm³/mol. The minimum Gasteiger partial charge on any atom is -0.453 e. The van der Waals surface area contributed by atoms with Gasteiger partial charge in [-0.3, -0.25) is 14.6 Å². The first-order valence-electron chi connectivity index (χ1n) is 13.2. The fraction of sp³-hybridized carbons (Fsp3) is 0.357. The van der Waals surface area contributed by atoms with E-state index in [9.17, 15) is 13.2 Å². The van der Waals surface area contributed by atoms with Gasteiger partial charge in [0.1, 0.15) is 27.6 Å². The average Bonchev–Trinajstić information content (AvgIpc) is 3.33. The average molecular weight is 586 g/mol. The number of hydrogen-bond donors (Lipinski definition) is 1. The minimum absolute atomic E-state index is 0.00159. The van der Waals surface area contributed by atoms with E-state index in [4.69, 9.17) is 21.3 Å². The number of piperidine rings is 1. The first-order valence-corrected chi connectivity index (χ1v) is 13.6. The van der Waals surface area contributed by atoms with Crippen LogP contribution in [0.2, 0.25) is 5.02 Å². The summed E-state index contributed by atoms with van der Waals surface area (Å²) in [4.78, 5) is 17.9. The lowest BCUT2D eigenvalue weighted by Crippen LogP contribution is -2.49. The van der Waals surface area contributed by atoms with Crippen LogP contribution < -0.4 is 4.74 Å². The van der Waals surface area contributed by atoms with E-state index in [1.54, 1.807) is 42.4 Å². The number of benzene rings is 2. The van der Waals surface area contributed by atoms with E-state index in [1.165, 1.54) is 6.07 Å². The van der Waals surface area contributed by atoms with Crippen LogP contribution >= 0.6 is 11.6 Å².